The van der Waals surface area contributed by atoms with E-state index in [1.807, 2.05) is 19.1 Å². The number of phenolic OH excluding ortho intramolecular Hbond substituents is 1. The molecule has 1 aliphatic heterocycles. The van der Waals surface area contributed by atoms with Crippen molar-refractivity contribution in [3.63, 3.8) is 0 Å². The topological polar surface area (TPSA) is 101 Å². The number of nitrogens with zero attached hydrogens (tertiary/aromatic N) is 2. The van der Waals surface area contributed by atoms with Crippen molar-refractivity contribution in [3.05, 3.63) is 34.9 Å². The lowest BCUT2D eigenvalue weighted by Gasteiger charge is -2.28. The van der Waals surface area contributed by atoms with Crippen molar-refractivity contribution < 1.29 is 14.9 Å². The van der Waals surface area contributed by atoms with Crippen LogP contribution in [0.15, 0.2) is 18.2 Å². The molecule has 0 amide bonds. The zero-order chi connectivity index (χ0) is 19.7. The minimum absolute atomic E-state index is 0.0359. The third-order valence-electron chi connectivity index (χ3n) is 5.97. The highest BCUT2D eigenvalue weighted by Crippen LogP contribution is 2.55. The smallest absolute Gasteiger partial charge is 0.152 e. The van der Waals surface area contributed by atoms with E-state index in [1.165, 1.54) is 19.3 Å². The number of phenols is 1. The van der Waals surface area contributed by atoms with E-state index in [9.17, 15) is 5.11 Å². The van der Waals surface area contributed by atoms with Crippen molar-refractivity contribution >= 4 is 5.82 Å². The predicted molar refractivity (Wildman–Crippen MR) is 108 cm³/mol. The second-order valence-corrected chi connectivity index (χ2v) is 8.19. The molecule has 2 heterocycles. The number of aryl methyl sites for hydroxylation is 1. The molecule has 0 bridgehead atoms. The number of hydrogen-bond donors (Lipinski definition) is 3. The highest BCUT2D eigenvalue weighted by molar-refractivity contribution is 5.73. The molecule has 3 aliphatic rings. The minimum Gasteiger partial charge on any atom is -0.507 e. The SMILES string of the molecule is Cc1ccc(-c2nnc(N)c3c2CCOC32CC2)c(O)c1.OC1CCCCC1. The van der Waals surface area contributed by atoms with Gasteiger partial charge in [0.2, 0.25) is 0 Å². The molecule has 6 nitrogen and oxygen atoms in total. The predicted octanol–water partition coefficient (Wildman–Crippen LogP) is 3.61. The number of aliphatic hydroxyl groups excluding tert-OH is 1. The van der Waals surface area contributed by atoms with Gasteiger partial charge in [-0.15, -0.1) is 10.2 Å². The summed E-state index contributed by atoms with van der Waals surface area (Å²) in [4.78, 5) is 0. The van der Waals surface area contributed by atoms with E-state index in [2.05, 4.69) is 10.2 Å². The van der Waals surface area contributed by atoms with Crippen molar-refractivity contribution in [2.75, 3.05) is 12.3 Å². The van der Waals surface area contributed by atoms with Crippen LogP contribution in [0.4, 0.5) is 5.82 Å². The Hall–Kier alpha value is -2.18. The fourth-order valence-corrected chi connectivity index (χ4v) is 4.31. The average molecular weight is 383 g/mol. The molecular weight excluding hydrogens is 354 g/mol. The number of benzene rings is 1. The van der Waals surface area contributed by atoms with Gasteiger partial charge in [-0.25, -0.2) is 0 Å². The molecule has 4 N–H and O–H groups in total. The molecule has 0 saturated heterocycles. The summed E-state index contributed by atoms with van der Waals surface area (Å²) in [5, 5.41) is 27.5. The molecule has 1 spiro atoms. The first-order chi connectivity index (χ1) is 13.5. The Kier molecular flexibility index (Phi) is 5.25. The number of nitrogens with two attached hydrogens (primary N) is 1. The Morgan fingerprint density at radius 3 is 2.50 bits per heavy atom. The molecule has 2 saturated carbocycles. The number of ether oxygens (including phenoxy) is 1. The van der Waals surface area contributed by atoms with Crippen molar-refractivity contribution in [2.24, 2.45) is 0 Å². The monoisotopic (exact) mass is 383 g/mol. The maximum atomic E-state index is 10.2. The van der Waals surface area contributed by atoms with Crippen LogP contribution in [0.3, 0.4) is 0 Å². The van der Waals surface area contributed by atoms with E-state index in [1.54, 1.807) is 6.07 Å². The number of anilines is 1. The third-order valence-corrected chi connectivity index (χ3v) is 5.97. The highest BCUT2D eigenvalue weighted by atomic mass is 16.5. The first kappa shape index (κ1) is 19.2. The maximum absolute atomic E-state index is 10.2. The Morgan fingerprint density at radius 1 is 1.14 bits per heavy atom. The molecule has 2 fully saturated rings. The highest BCUT2D eigenvalue weighted by Gasteiger charge is 2.51. The lowest BCUT2D eigenvalue weighted by molar-refractivity contribution is 0.0201. The van der Waals surface area contributed by atoms with E-state index in [0.717, 1.165) is 54.5 Å². The number of aromatic hydroxyl groups is 1. The molecule has 0 atom stereocenters. The lowest BCUT2D eigenvalue weighted by atomic mass is 9.92. The standard InChI is InChI=1S/C16H17N3O2.C6H12O/c1-9-2-3-10(12(20)8-9)14-11-4-7-21-16(5-6-16)13(11)15(17)19-18-14;7-6-4-2-1-3-5-6/h2-3,8,20H,4-7H2,1H3,(H2,17,19);6-7H,1-5H2. The quantitative estimate of drug-likeness (QED) is 0.695. The van der Waals surface area contributed by atoms with Crippen LogP contribution in [0.25, 0.3) is 11.3 Å². The van der Waals surface area contributed by atoms with Gasteiger partial charge in [-0.3, -0.25) is 0 Å². The molecule has 28 heavy (non-hydrogen) atoms. The number of hydrogen-bond acceptors (Lipinski definition) is 6. The first-order valence-electron chi connectivity index (χ1n) is 10.3. The molecule has 0 radical (unpaired) electrons. The number of aromatic nitrogens is 2. The summed E-state index contributed by atoms with van der Waals surface area (Å²) in [6.07, 6.45) is 8.64. The van der Waals surface area contributed by atoms with Crippen LogP contribution in [0.1, 0.15) is 61.6 Å². The van der Waals surface area contributed by atoms with Crippen molar-refractivity contribution in [2.45, 2.75) is 70.0 Å². The van der Waals surface area contributed by atoms with Gasteiger partial charge in [-0.2, -0.15) is 0 Å². The van der Waals surface area contributed by atoms with Crippen LogP contribution < -0.4 is 5.73 Å². The Labute approximate surface area is 165 Å². The van der Waals surface area contributed by atoms with Gasteiger partial charge in [0, 0.05) is 11.1 Å². The number of fused-ring (bicyclic) bond motifs is 2. The molecule has 2 aliphatic carbocycles. The largest absolute Gasteiger partial charge is 0.507 e. The van der Waals surface area contributed by atoms with Gasteiger partial charge in [-0.1, -0.05) is 25.3 Å². The normalized spacial score (nSPS) is 20.2. The van der Waals surface area contributed by atoms with Crippen LogP contribution in [0.5, 0.6) is 5.75 Å². The maximum Gasteiger partial charge on any atom is 0.152 e. The fourth-order valence-electron chi connectivity index (χ4n) is 4.31. The van der Waals surface area contributed by atoms with Crippen molar-refractivity contribution in [3.8, 4) is 17.0 Å². The van der Waals surface area contributed by atoms with Crippen LogP contribution in [0, 0.1) is 6.92 Å². The summed E-state index contributed by atoms with van der Waals surface area (Å²) in [6.45, 7) is 2.61. The molecule has 5 rings (SSSR count). The molecule has 1 aromatic carbocycles. The zero-order valence-corrected chi connectivity index (χ0v) is 16.4. The van der Waals surface area contributed by atoms with E-state index in [-0.39, 0.29) is 17.5 Å². The second kappa shape index (κ2) is 7.68. The van der Waals surface area contributed by atoms with Crippen LogP contribution in [0.2, 0.25) is 0 Å². The van der Waals surface area contributed by atoms with Crippen molar-refractivity contribution in [1.82, 2.24) is 10.2 Å². The molecule has 0 unspecified atom stereocenters. The second-order valence-electron chi connectivity index (χ2n) is 8.19. The van der Waals surface area contributed by atoms with Gasteiger partial charge in [-0.05, 0) is 62.3 Å². The van der Waals surface area contributed by atoms with Gasteiger partial charge >= 0.3 is 0 Å². The van der Waals surface area contributed by atoms with Crippen LogP contribution in [-0.2, 0) is 16.8 Å². The summed E-state index contributed by atoms with van der Waals surface area (Å²) in [5.74, 6) is 0.685. The number of rotatable bonds is 1. The van der Waals surface area contributed by atoms with E-state index >= 15 is 0 Å². The van der Waals surface area contributed by atoms with Gasteiger partial charge in [0.1, 0.15) is 11.4 Å². The van der Waals surface area contributed by atoms with E-state index < -0.39 is 0 Å². The Bertz CT molecular complexity index is 858. The van der Waals surface area contributed by atoms with E-state index in [4.69, 9.17) is 15.6 Å². The first-order valence-corrected chi connectivity index (χ1v) is 10.3. The fraction of sp³-hybridized carbons (Fsp3) is 0.545. The van der Waals surface area contributed by atoms with Crippen LogP contribution in [-0.4, -0.2) is 33.1 Å². The van der Waals surface area contributed by atoms with Gasteiger partial charge in [0.05, 0.1) is 18.3 Å². The number of nitrogen functional groups attached to an aromatic ring is 1. The van der Waals surface area contributed by atoms with Crippen LogP contribution >= 0.6 is 0 Å². The molecular formula is C22H29N3O3. The third kappa shape index (κ3) is 3.71. The Morgan fingerprint density at radius 2 is 1.89 bits per heavy atom. The van der Waals surface area contributed by atoms with Gasteiger partial charge < -0.3 is 20.7 Å². The minimum atomic E-state index is -0.247. The average Bonchev–Trinajstić information content (AvgIpc) is 3.44. The molecule has 1 aromatic heterocycles. The zero-order valence-electron chi connectivity index (χ0n) is 16.4. The summed E-state index contributed by atoms with van der Waals surface area (Å²) < 4.78 is 5.91. The summed E-state index contributed by atoms with van der Waals surface area (Å²) in [5.41, 5.74) is 10.3. The summed E-state index contributed by atoms with van der Waals surface area (Å²) in [7, 11) is 0. The summed E-state index contributed by atoms with van der Waals surface area (Å²) >= 11 is 0. The number of aliphatic hydroxyl groups is 1. The Balaban J connectivity index is 0.000000233. The van der Waals surface area contributed by atoms with Crippen molar-refractivity contribution in [1.29, 1.82) is 0 Å². The molecule has 2 aromatic rings. The summed E-state index contributed by atoms with van der Waals surface area (Å²) in [6, 6.07) is 5.60. The molecule has 6 heteroatoms. The molecule has 150 valence electrons. The van der Waals surface area contributed by atoms with Gasteiger partial charge in [0.15, 0.2) is 5.82 Å². The van der Waals surface area contributed by atoms with Gasteiger partial charge in [0.25, 0.3) is 0 Å². The van der Waals surface area contributed by atoms with E-state index in [0.29, 0.717) is 18.0 Å². The lowest BCUT2D eigenvalue weighted by Crippen LogP contribution is -2.26.